The summed E-state index contributed by atoms with van der Waals surface area (Å²) in [4.78, 5) is 10.7. The fourth-order valence-electron chi connectivity index (χ4n) is 2.91. The summed E-state index contributed by atoms with van der Waals surface area (Å²) in [5.74, 6) is -1.72. The molecule has 0 aromatic heterocycles. The Morgan fingerprint density at radius 1 is 0.800 bits per heavy atom. The van der Waals surface area contributed by atoms with E-state index in [4.69, 9.17) is 4.55 Å². The van der Waals surface area contributed by atoms with Crippen molar-refractivity contribution in [1.82, 2.24) is 0 Å². The van der Waals surface area contributed by atoms with Crippen LogP contribution in [-0.4, -0.2) is 24.2 Å². The van der Waals surface area contributed by atoms with Crippen molar-refractivity contribution in [2.75, 3.05) is 0 Å². The molecule has 5 nitrogen and oxygen atoms in total. The van der Waals surface area contributed by atoms with Gasteiger partial charge in [0.2, 0.25) is 0 Å². The Morgan fingerprint density at radius 2 is 1.12 bits per heavy atom. The van der Waals surface area contributed by atoms with Crippen LogP contribution in [0, 0.1) is 0 Å². The predicted octanol–water partition coefficient (Wildman–Crippen LogP) is 0.868. The van der Waals surface area contributed by atoms with E-state index in [-0.39, 0.29) is 36.0 Å². The van der Waals surface area contributed by atoms with Crippen molar-refractivity contribution < 1.29 is 52.4 Å². The van der Waals surface area contributed by atoms with E-state index in [1.807, 2.05) is 0 Å². The third kappa shape index (κ3) is 17.5. The maximum absolute atomic E-state index is 10.9. The van der Waals surface area contributed by atoms with E-state index in [0.29, 0.717) is 6.42 Å². The number of rotatable bonds is 17. The minimum atomic E-state index is -4.54. The Morgan fingerprint density at radius 3 is 1.40 bits per heavy atom. The van der Waals surface area contributed by atoms with E-state index in [2.05, 4.69) is 6.92 Å². The number of hydrogen-bond acceptors (Lipinski definition) is 4. The van der Waals surface area contributed by atoms with Crippen LogP contribution in [0.25, 0.3) is 0 Å². The first kappa shape index (κ1) is 27.6. The molecule has 0 rings (SSSR count). The SMILES string of the molecule is CCCCCCCCCCCCCCCCC(C(=O)[O-])S(=O)(=O)O.[Na+]. The van der Waals surface area contributed by atoms with Gasteiger partial charge in [-0.15, -0.1) is 0 Å². The molecule has 0 aromatic rings. The van der Waals surface area contributed by atoms with Gasteiger partial charge in [-0.2, -0.15) is 8.42 Å². The molecule has 1 unspecified atom stereocenters. The average molecular weight is 387 g/mol. The van der Waals surface area contributed by atoms with E-state index in [0.717, 1.165) is 19.3 Å². The first-order chi connectivity index (χ1) is 11.4. The molecular formula is C18H35NaO5S. The smallest absolute Gasteiger partial charge is 0.549 e. The Labute approximate surface area is 176 Å². The van der Waals surface area contributed by atoms with Crippen molar-refractivity contribution in [2.24, 2.45) is 0 Å². The second-order valence-electron chi connectivity index (χ2n) is 6.71. The molecule has 0 heterocycles. The molecule has 0 spiro atoms. The second kappa shape index (κ2) is 17.8. The summed E-state index contributed by atoms with van der Waals surface area (Å²) in [6, 6.07) is 0. The predicted molar refractivity (Wildman–Crippen MR) is 95.3 cm³/mol. The summed E-state index contributed by atoms with van der Waals surface area (Å²) in [5, 5.41) is 8.88. The third-order valence-corrected chi connectivity index (χ3v) is 5.59. The summed E-state index contributed by atoms with van der Waals surface area (Å²) in [7, 11) is -4.54. The number of unbranched alkanes of at least 4 members (excludes halogenated alkanes) is 13. The second-order valence-corrected chi connectivity index (χ2v) is 8.31. The summed E-state index contributed by atoms with van der Waals surface area (Å²) in [5.41, 5.74) is 0. The molecule has 0 amide bonds. The Bertz CT molecular complexity index is 412. The zero-order valence-corrected chi connectivity index (χ0v) is 19.0. The van der Waals surface area contributed by atoms with Crippen LogP contribution < -0.4 is 34.7 Å². The number of carbonyl (C=O) groups is 1. The van der Waals surface area contributed by atoms with Crippen molar-refractivity contribution in [2.45, 2.75) is 108 Å². The van der Waals surface area contributed by atoms with Crippen molar-refractivity contribution >= 4 is 16.1 Å². The summed E-state index contributed by atoms with van der Waals surface area (Å²) in [6.07, 6.45) is 16.4. The van der Waals surface area contributed by atoms with E-state index < -0.39 is 21.3 Å². The van der Waals surface area contributed by atoms with Crippen molar-refractivity contribution in [3.8, 4) is 0 Å². The van der Waals surface area contributed by atoms with Crippen LogP contribution in [0.1, 0.15) is 103 Å². The van der Waals surface area contributed by atoms with E-state index in [1.54, 1.807) is 0 Å². The zero-order chi connectivity index (χ0) is 18.3. The van der Waals surface area contributed by atoms with Gasteiger partial charge in [-0.05, 0) is 6.42 Å². The molecule has 0 aliphatic rings. The standard InChI is InChI=1S/C18H36O5S.Na/c1-2-3-4-5-6-7-8-9-10-11-12-13-14-15-16-17(18(19)20)24(21,22)23;/h17H,2-16H2,1H3,(H,19,20)(H,21,22,23);/q;+1/p-1. The van der Waals surface area contributed by atoms with Gasteiger partial charge < -0.3 is 9.90 Å². The molecule has 0 fully saturated rings. The van der Waals surface area contributed by atoms with Crippen molar-refractivity contribution in [3.05, 3.63) is 0 Å². The molecule has 0 aliphatic heterocycles. The first-order valence-electron chi connectivity index (χ1n) is 9.56. The monoisotopic (exact) mass is 386 g/mol. The molecule has 25 heavy (non-hydrogen) atoms. The molecule has 1 N–H and O–H groups in total. The van der Waals surface area contributed by atoms with Gasteiger partial charge in [0.1, 0.15) is 5.25 Å². The van der Waals surface area contributed by atoms with Crippen LogP contribution in [0.4, 0.5) is 0 Å². The number of carbonyl (C=O) groups excluding carboxylic acids is 1. The van der Waals surface area contributed by atoms with Gasteiger partial charge in [0, 0.05) is 0 Å². The Balaban J connectivity index is 0. The summed E-state index contributed by atoms with van der Waals surface area (Å²) < 4.78 is 30.5. The van der Waals surface area contributed by atoms with Gasteiger partial charge in [-0.3, -0.25) is 4.55 Å². The van der Waals surface area contributed by atoms with E-state index in [1.165, 1.54) is 64.2 Å². The van der Waals surface area contributed by atoms with Crippen LogP contribution in [0.2, 0.25) is 0 Å². The average Bonchev–Trinajstić information content (AvgIpc) is 2.49. The van der Waals surface area contributed by atoms with Crippen LogP contribution in [0.15, 0.2) is 0 Å². The molecule has 0 saturated carbocycles. The fraction of sp³-hybridized carbons (Fsp3) is 0.944. The van der Waals surface area contributed by atoms with E-state index in [9.17, 15) is 18.3 Å². The van der Waals surface area contributed by atoms with Gasteiger partial charge in [-0.1, -0.05) is 96.8 Å². The van der Waals surface area contributed by atoms with Crippen molar-refractivity contribution in [1.29, 1.82) is 0 Å². The minimum Gasteiger partial charge on any atom is -0.549 e. The van der Waals surface area contributed by atoms with Crippen molar-refractivity contribution in [3.63, 3.8) is 0 Å². The minimum absolute atomic E-state index is 0. The number of hydrogen-bond donors (Lipinski definition) is 1. The molecular weight excluding hydrogens is 351 g/mol. The van der Waals surface area contributed by atoms with Crippen LogP contribution in [-0.2, 0) is 14.9 Å². The molecule has 0 aliphatic carbocycles. The maximum Gasteiger partial charge on any atom is 1.00 e. The Kier molecular flexibility index (Phi) is 19.6. The fourth-order valence-corrected chi connectivity index (χ4v) is 3.62. The van der Waals surface area contributed by atoms with Crippen LogP contribution in [0.3, 0.4) is 0 Å². The number of carboxylic acids is 1. The third-order valence-electron chi connectivity index (χ3n) is 4.44. The Hall–Kier alpha value is 0.380. The van der Waals surface area contributed by atoms with Gasteiger partial charge in [0.05, 0.1) is 5.97 Å². The summed E-state index contributed by atoms with van der Waals surface area (Å²) in [6.45, 7) is 2.23. The van der Waals surface area contributed by atoms with Gasteiger partial charge in [0.15, 0.2) is 0 Å². The topological polar surface area (TPSA) is 94.5 Å². The molecule has 7 heteroatoms. The van der Waals surface area contributed by atoms with Gasteiger partial charge in [-0.25, -0.2) is 0 Å². The largest absolute Gasteiger partial charge is 1.00 e. The molecule has 1 atom stereocenters. The van der Waals surface area contributed by atoms with Crippen LogP contribution in [0.5, 0.6) is 0 Å². The maximum atomic E-state index is 10.9. The van der Waals surface area contributed by atoms with Crippen LogP contribution >= 0.6 is 0 Å². The quantitative estimate of drug-likeness (QED) is 0.227. The molecule has 144 valence electrons. The zero-order valence-electron chi connectivity index (χ0n) is 16.2. The molecule has 0 bridgehead atoms. The van der Waals surface area contributed by atoms with Gasteiger partial charge in [0.25, 0.3) is 10.1 Å². The molecule has 0 aromatic carbocycles. The van der Waals surface area contributed by atoms with E-state index >= 15 is 0 Å². The summed E-state index contributed by atoms with van der Waals surface area (Å²) >= 11 is 0. The number of aliphatic carboxylic acids is 1. The van der Waals surface area contributed by atoms with Gasteiger partial charge >= 0.3 is 29.6 Å². The number of carboxylic acid groups (broad SMARTS) is 1. The first-order valence-corrected chi connectivity index (χ1v) is 11.1. The molecule has 0 saturated heterocycles. The molecule has 0 radical (unpaired) electrons. The normalized spacial score (nSPS) is 12.6.